The maximum atomic E-state index is 12.0. The highest BCUT2D eigenvalue weighted by Crippen LogP contribution is 2.42. The molecule has 0 aliphatic rings. The lowest BCUT2D eigenvalue weighted by Gasteiger charge is -2.15. The lowest BCUT2D eigenvalue weighted by Crippen LogP contribution is -2.27. The SMILES string of the molecule is CCCCCCCCCCCCCCCCCC(=O)NCCOP(=O)(O)OCC(O)COC(=O)CCCCCCCCCCCC. The average Bonchev–Trinajstić information content (AvgIpc) is 3.04. The molecule has 46 heavy (non-hydrogen) atoms. The average molecular weight is 678 g/mol. The van der Waals surface area contributed by atoms with E-state index < -0.39 is 26.5 Å². The van der Waals surface area contributed by atoms with Crippen LogP contribution in [0, 0.1) is 0 Å². The van der Waals surface area contributed by atoms with Gasteiger partial charge in [0, 0.05) is 19.4 Å². The number of rotatable bonds is 36. The van der Waals surface area contributed by atoms with Gasteiger partial charge in [-0.2, -0.15) is 0 Å². The molecule has 0 aliphatic carbocycles. The minimum atomic E-state index is -4.40. The molecule has 2 unspecified atom stereocenters. The Bertz CT molecular complexity index is 739. The van der Waals surface area contributed by atoms with Crippen LogP contribution < -0.4 is 5.32 Å². The summed E-state index contributed by atoms with van der Waals surface area (Å²) in [5, 5.41) is 12.6. The number of amides is 1. The predicted molar refractivity (Wildman–Crippen MR) is 188 cm³/mol. The third-order valence-corrected chi connectivity index (χ3v) is 9.27. The molecule has 0 aliphatic heterocycles. The van der Waals surface area contributed by atoms with Crippen molar-refractivity contribution in [2.24, 2.45) is 0 Å². The minimum Gasteiger partial charge on any atom is -0.463 e. The fourth-order valence-electron chi connectivity index (χ4n) is 5.38. The van der Waals surface area contributed by atoms with Gasteiger partial charge in [-0.3, -0.25) is 18.6 Å². The second kappa shape index (κ2) is 33.9. The van der Waals surface area contributed by atoms with Gasteiger partial charge in [-0.05, 0) is 12.8 Å². The van der Waals surface area contributed by atoms with Crippen LogP contribution in [0.15, 0.2) is 0 Å². The van der Waals surface area contributed by atoms with Gasteiger partial charge in [-0.1, -0.05) is 162 Å². The number of carbonyl (C=O) groups excluding carboxylic acids is 2. The fourth-order valence-corrected chi connectivity index (χ4v) is 6.14. The first-order chi connectivity index (χ1) is 22.3. The number of carbonyl (C=O) groups is 2. The molecule has 0 radical (unpaired) electrons. The van der Waals surface area contributed by atoms with Crippen molar-refractivity contribution in [3.8, 4) is 0 Å². The number of unbranched alkanes of at least 4 members (excludes halogenated alkanes) is 23. The van der Waals surface area contributed by atoms with Gasteiger partial charge in [0.15, 0.2) is 0 Å². The molecule has 1 amide bonds. The Morgan fingerprint density at radius 2 is 0.978 bits per heavy atom. The molecule has 0 aromatic heterocycles. The van der Waals surface area contributed by atoms with Gasteiger partial charge in [0.2, 0.25) is 5.91 Å². The van der Waals surface area contributed by atoms with Crippen molar-refractivity contribution >= 4 is 19.7 Å². The van der Waals surface area contributed by atoms with Gasteiger partial charge in [0.25, 0.3) is 0 Å². The van der Waals surface area contributed by atoms with Crippen LogP contribution in [0.2, 0.25) is 0 Å². The van der Waals surface area contributed by atoms with Crippen molar-refractivity contribution in [3.05, 3.63) is 0 Å². The summed E-state index contributed by atoms with van der Waals surface area (Å²) in [7, 11) is -4.40. The predicted octanol–water partition coefficient (Wildman–Crippen LogP) is 9.71. The first-order valence-electron chi connectivity index (χ1n) is 19.0. The summed E-state index contributed by atoms with van der Waals surface area (Å²) in [6, 6.07) is 0. The van der Waals surface area contributed by atoms with Crippen LogP contribution in [0.3, 0.4) is 0 Å². The zero-order chi connectivity index (χ0) is 34.0. The van der Waals surface area contributed by atoms with E-state index in [0.29, 0.717) is 6.42 Å². The van der Waals surface area contributed by atoms with Gasteiger partial charge in [-0.25, -0.2) is 4.57 Å². The van der Waals surface area contributed by atoms with Crippen LogP contribution in [0.25, 0.3) is 0 Å². The molecule has 0 saturated carbocycles. The van der Waals surface area contributed by atoms with Gasteiger partial charge in [-0.15, -0.1) is 0 Å². The molecule has 0 saturated heterocycles. The lowest BCUT2D eigenvalue weighted by atomic mass is 10.0. The maximum Gasteiger partial charge on any atom is 0.472 e. The lowest BCUT2D eigenvalue weighted by molar-refractivity contribution is -0.147. The molecule has 274 valence electrons. The summed E-state index contributed by atoms with van der Waals surface area (Å²) in [6.07, 6.45) is 30.3. The van der Waals surface area contributed by atoms with E-state index in [1.54, 1.807) is 0 Å². The molecular weight excluding hydrogens is 605 g/mol. The Hall–Kier alpha value is -0.990. The zero-order valence-corrected chi connectivity index (χ0v) is 30.7. The van der Waals surface area contributed by atoms with E-state index in [1.165, 1.54) is 122 Å². The van der Waals surface area contributed by atoms with Crippen LogP contribution in [0.1, 0.15) is 187 Å². The molecule has 0 aromatic carbocycles. The number of esters is 1. The van der Waals surface area contributed by atoms with Crippen molar-refractivity contribution in [2.75, 3.05) is 26.4 Å². The van der Waals surface area contributed by atoms with E-state index in [9.17, 15) is 24.2 Å². The van der Waals surface area contributed by atoms with E-state index in [2.05, 4.69) is 19.2 Å². The second-order valence-electron chi connectivity index (χ2n) is 12.9. The third kappa shape index (κ3) is 34.3. The summed E-state index contributed by atoms with van der Waals surface area (Å²) < 4.78 is 26.7. The van der Waals surface area contributed by atoms with Crippen molar-refractivity contribution in [1.82, 2.24) is 5.32 Å². The quantitative estimate of drug-likeness (QED) is 0.0339. The summed E-state index contributed by atoms with van der Waals surface area (Å²) in [5.74, 6) is -0.510. The van der Waals surface area contributed by atoms with Crippen LogP contribution in [-0.2, 0) is 27.9 Å². The van der Waals surface area contributed by atoms with Crippen LogP contribution in [-0.4, -0.2) is 54.3 Å². The minimum absolute atomic E-state index is 0.0879. The van der Waals surface area contributed by atoms with Gasteiger partial charge in [0.05, 0.1) is 13.2 Å². The molecule has 9 nitrogen and oxygen atoms in total. The van der Waals surface area contributed by atoms with Crippen molar-refractivity contribution < 1.29 is 37.9 Å². The standard InChI is InChI=1S/C36H72NO8P/c1-3-5-7-9-11-13-15-16-17-18-19-20-22-24-26-28-35(39)37-30-31-44-46(41,42)45-33-34(38)32-43-36(40)29-27-25-23-21-14-12-10-8-6-4-2/h34,38H,3-33H2,1-2H3,(H,37,39)(H,41,42). The number of hydrogen-bond acceptors (Lipinski definition) is 7. The smallest absolute Gasteiger partial charge is 0.463 e. The number of phosphoric acid groups is 1. The molecule has 0 spiro atoms. The van der Waals surface area contributed by atoms with E-state index in [-0.39, 0.29) is 32.1 Å². The highest BCUT2D eigenvalue weighted by Gasteiger charge is 2.23. The topological polar surface area (TPSA) is 131 Å². The van der Waals surface area contributed by atoms with Crippen LogP contribution >= 0.6 is 7.82 Å². The number of ether oxygens (including phenoxy) is 1. The molecule has 0 heterocycles. The Morgan fingerprint density at radius 1 is 0.587 bits per heavy atom. The fraction of sp³-hybridized carbons (Fsp3) is 0.944. The van der Waals surface area contributed by atoms with E-state index in [0.717, 1.165) is 38.5 Å². The number of aliphatic hydroxyl groups is 1. The molecular formula is C36H72NO8P. The molecule has 0 rings (SSSR count). The highest BCUT2D eigenvalue weighted by molar-refractivity contribution is 7.47. The van der Waals surface area contributed by atoms with E-state index in [4.69, 9.17) is 13.8 Å². The molecule has 0 fully saturated rings. The summed E-state index contributed by atoms with van der Waals surface area (Å²) >= 11 is 0. The second-order valence-corrected chi connectivity index (χ2v) is 14.4. The summed E-state index contributed by atoms with van der Waals surface area (Å²) in [4.78, 5) is 33.7. The third-order valence-electron chi connectivity index (χ3n) is 8.29. The van der Waals surface area contributed by atoms with Crippen molar-refractivity contribution in [2.45, 2.75) is 193 Å². The Labute approximate surface area is 282 Å². The monoisotopic (exact) mass is 677 g/mol. The normalized spacial score (nSPS) is 13.4. The van der Waals surface area contributed by atoms with Crippen LogP contribution in [0.5, 0.6) is 0 Å². The zero-order valence-electron chi connectivity index (χ0n) is 29.8. The molecule has 10 heteroatoms. The Balaban J connectivity index is 3.58. The maximum absolute atomic E-state index is 12.0. The number of hydrogen-bond donors (Lipinski definition) is 3. The Morgan fingerprint density at radius 3 is 1.41 bits per heavy atom. The molecule has 0 aromatic rings. The van der Waals surface area contributed by atoms with Gasteiger partial charge in [0.1, 0.15) is 12.7 Å². The van der Waals surface area contributed by atoms with E-state index in [1.807, 2.05) is 0 Å². The number of phosphoric ester groups is 1. The Kier molecular flexibility index (Phi) is 33.2. The highest BCUT2D eigenvalue weighted by atomic mass is 31.2. The van der Waals surface area contributed by atoms with Gasteiger partial charge >= 0.3 is 13.8 Å². The van der Waals surface area contributed by atoms with Gasteiger partial charge < -0.3 is 20.1 Å². The largest absolute Gasteiger partial charge is 0.472 e. The number of nitrogens with one attached hydrogen (secondary N) is 1. The molecule has 3 N–H and O–H groups in total. The van der Waals surface area contributed by atoms with Crippen molar-refractivity contribution in [1.29, 1.82) is 0 Å². The summed E-state index contributed by atoms with van der Waals surface area (Å²) in [6.45, 7) is 3.55. The molecule has 2 atom stereocenters. The van der Waals surface area contributed by atoms with Crippen LogP contribution in [0.4, 0.5) is 0 Å². The van der Waals surface area contributed by atoms with Crippen molar-refractivity contribution in [3.63, 3.8) is 0 Å². The molecule has 0 bridgehead atoms. The van der Waals surface area contributed by atoms with E-state index >= 15 is 0 Å². The first kappa shape index (κ1) is 45.0. The number of aliphatic hydroxyl groups excluding tert-OH is 1. The summed E-state index contributed by atoms with van der Waals surface area (Å²) in [5.41, 5.74) is 0. The first-order valence-corrected chi connectivity index (χ1v) is 20.5.